The summed E-state index contributed by atoms with van der Waals surface area (Å²) in [6.45, 7) is 9.45. The van der Waals surface area contributed by atoms with E-state index in [1.165, 1.54) is 66.8 Å². The second-order valence-electron chi connectivity index (χ2n) is 18.1. The van der Waals surface area contributed by atoms with Crippen LogP contribution in [-0.2, 0) is 10.8 Å². The Morgan fingerprint density at radius 3 is 1.76 bits per heavy atom. The van der Waals surface area contributed by atoms with Crippen LogP contribution in [0.5, 0.6) is 0 Å². The normalized spacial score (nSPS) is 14.1. The lowest BCUT2D eigenvalue weighted by atomic mass is 9.79. The van der Waals surface area contributed by atoms with E-state index in [2.05, 4.69) is 227 Å². The van der Waals surface area contributed by atoms with Crippen LogP contribution < -0.4 is 4.90 Å². The molecule has 1 heterocycles. The third-order valence-electron chi connectivity index (χ3n) is 13.9. The number of fused-ring (bicyclic) bond motifs is 9. The van der Waals surface area contributed by atoms with Crippen molar-refractivity contribution in [1.29, 1.82) is 0 Å². The van der Waals surface area contributed by atoms with E-state index in [-0.39, 0.29) is 10.8 Å². The summed E-state index contributed by atoms with van der Waals surface area (Å²) in [5, 5.41) is 2.25. The highest BCUT2D eigenvalue weighted by atomic mass is 16.3. The van der Waals surface area contributed by atoms with E-state index in [9.17, 15) is 0 Å². The molecule has 2 heteroatoms. The number of furan rings is 1. The first-order valence-electron chi connectivity index (χ1n) is 21.8. The van der Waals surface area contributed by atoms with E-state index in [0.29, 0.717) is 0 Å². The summed E-state index contributed by atoms with van der Waals surface area (Å²) in [5.41, 5.74) is 22.9. The Hall–Kier alpha value is -7.42. The molecule has 296 valence electrons. The summed E-state index contributed by atoms with van der Waals surface area (Å²) >= 11 is 0. The van der Waals surface area contributed by atoms with Crippen LogP contribution in [0.1, 0.15) is 49.9 Å². The molecule has 2 nitrogen and oxygen atoms in total. The molecule has 0 bridgehead atoms. The van der Waals surface area contributed by atoms with Crippen molar-refractivity contribution in [2.45, 2.75) is 38.5 Å². The van der Waals surface area contributed by atoms with E-state index < -0.39 is 0 Å². The molecule has 2 aliphatic rings. The topological polar surface area (TPSA) is 16.4 Å². The minimum Gasteiger partial charge on any atom is -0.456 e. The molecule has 0 radical (unpaired) electrons. The maximum atomic E-state index is 6.43. The summed E-state index contributed by atoms with van der Waals surface area (Å²) < 4.78 is 6.43. The Labute approximate surface area is 363 Å². The molecule has 0 unspecified atom stereocenters. The Bertz CT molecular complexity index is 3420. The van der Waals surface area contributed by atoms with Crippen molar-refractivity contribution in [2.75, 3.05) is 4.90 Å². The Morgan fingerprint density at radius 1 is 0.355 bits per heavy atom. The van der Waals surface area contributed by atoms with Gasteiger partial charge in [-0.15, -0.1) is 0 Å². The van der Waals surface area contributed by atoms with Gasteiger partial charge in [0.15, 0.2) is 0 Å². The van der Waals surface area contributed by atoms with Gasteiger partial charge in [-0.1, -0.05) is 179 Å². The smallest absolute Gasteiger partial charge is 0.136 e. The second kappa shape index (κ2) is 13.5. The zero-order valence-electron chi connectivity index (χ0n) is 35.4. The van der Waals surface area contributed by atoms with Crippen LogP contribution >= 0.6 is 0 Å². The van der Waals surface area contributed by atoms with Crippen LogP contribution in [0.3, 0.4) is 0 Å². The molecule has 0 amide bonds. The van der Waals surface area contributed by atoms with Gasteiger partial charge in [-0.25, -0.2) is 0 Å². The molecule has 2 aliphatic carbocycles. The van der Waals surface area contributed by atoms with Crippen LogP contribution in [0.25, 0.3) is 77.6 Å². The third-order valence-corrected chi connectivity index (χ3v) is 13.9. The fraction of sp³-hybridized carbons (Fsp3) is 0.100. The van der Waals surface area contributed by atoms with E-state index in [1.807, 2.05) is 6.07 Å². The van der Waals surface area contributed by atoms with Crippen molar-refractivity contribution in [3.8, 4) is 55.6 Å². The highest BCUT2D eigenvalue weighted by Gasteiger charge is 2.38. The molecule has 10 aromatic rings. The minimum atomic E-state index is -0.137. The molecule has 0 spiro atoms. The second-order valence-corrected chi connectivity index (χ2v) is 18.1. The summed E-state index contributed by atoms with van der Waals surface area (Å²) in [4.78, 5) is 2.44. The van der Waals surface area contributed by atoms with Crippen molar-refractivity contribution >= 4 is 39.0 Å². The third kappa shape index (κ3) is 5.36. The lowest BCUT2D eigenvalue weighted by Gasteiger charge is -2.29. The zero-order chi connectivity index (χ0) is 41.7. The summed E-state index contributed by atoms with van der Waals surface area (Å²) in [6, 6.07) is 73.5. The number of hydrogen-bond donors (Lipinski definition) is 0. The molecule has 9 aromatic carbocycles. The molecule has 0 aliphatic heterocycles. The summed E-state index contributed by atoms with van der Waals surface area (Å²) in [6.07, 6.45) is 0. The molecule has 12 rings (SSSR count). The molecule has 0 fully saturated rings. The monoisotopic (exact) mass is 795 g/mol. The lowest BCUT2D eigenvalue weighted by Crippen LogP contribution is -2.16. The van der Waals surface area contributed by atoms with Gasteiger partial charge in [0, 0.05) is 38.5 Å². The highest BCUT2D eigenvalue weighted by molar-refractivity contribution is 6.14. The predicted octanol–water partition coefficient (Wildman–Crippen LogP) is 16.7. The largest absolute Gasteiger partial charge is 0.456 e. The van der Waals surface area contributed by atoms with E-state index in [0.717, 1.165) is 50.1 Å². The fourth-order valence-corrected chi connectivity index (χ4v) is 10.9. The maximum Gasteiger partial charge on any atom is 0.136 e. The number of nitrogens with zero attached hydrogens (tertiary/aromatic N) is 1. The van der Waals surface area contributed by atoms with Gasteiger partial charge in [0.25, 0.3) is 0 Å². The molecule has 0 saturated heterocycles. The van der Waals surface area contributed by atoms with Gasteiger partial charge < -0.3 is 9.32 Å². The molecular weight excluding hydrogens is 751 g/mol. The number of anilines is 3. The molecular formula is C60H45NO. The van der Waals surface area contributed by atoms with E-state index in [4.69, 9.17) is 4.42 Å². The minimum absolute atomic E-state index is 0.0621. The summed E-state index contributed by atoms with van der Waals surface area (Å²) in [7, 11) is 0. The number of para-hydroxylation sites is 2. The van der Waals surface area contributed by atoms with Crippen molar-refractivity contribution < 1.29 is 4.42 Å². The first-order valence-corrected chi connectivity index (χ1v) is 21.8. The van der Waals surface area contributed by atoms with E-state index in [1.54, 1.807) is 0 Å². The molecule has 1 aromatic heterocycles. The predicted molar refractivity (Wildman–Crippen MR) is 260 cm³/mol. The van der Waals surface area contributed by atoms with Gasteiger partial charge >= 0.3 is 0 Å². The van der Waals surface area contributed by atoms with Gasteiger partial charge in [-0.05, 0) is 121 Å². The van der Waals surface area contributed by atoms with Crippen molar-refractivity contribution in [3.63, 3.8) is 0 Å². The highest BCUT2D eigenvalue weighted by Crippen LogP contribution is 2.53. The quantitative estimate of drug-likeness (QED) is 0.167. The molecule has 0 atom stereocenters. The first-order chi connectivity index (χ1) is 30.3. The number of benzene rings is 9. The number of rotatable bonds is 6. The fourth-order valence-electron chi connectivity index (χ4n) is 10.9. The molecule has 0 N–H and O–H groups in total. The van der Waals surface area contributed by atoms with Crippen LogP contribution in [-0.4, -0.2) is 0 Å². The summed E-state index contributed by atoms with van der Waals surface area (Å²) in [5.74, 6) is 0. The maximum absolute atomic E-state index is 6.43. The van der Waals surface area contributed by atoms with Gasteiger partial charge in [-0.3, -0.25) is 0 Å². The standard InChI is InChI=1S/C60H45NO/c1-59(2)51-25-9-5-18-44(51)46-35-32-39(37-53(46)59)38-30-33-41(34-31-38)61(54-27-11-7-20-47(54)48-23-15-29-56-57(48)50-21-8-12-28-55(50)62-56)42-17-13-16-40(36-42)43-22-14-24-49-45-19-6-10-26-52(45)60(3,4)58(43)49/h5-37H,1-4H3. The average Bonchev–Trinajstić information content (AvgIpc) is 3.89. The van der Waals surface area contributed by atoms with Gasteiger partial charge in [0.05, 0.1) is 5.69 Å². The van der Waals surface area contributed by atoms with Gasteiger partial charge in [0.2, 0.25) is 0 Å². The van der Waals surface area contributed by atoms with Crippen molar-refractivity contribution in [1.82, 2.24) is 0 Å². The van der Waals surface area contributed by atoms with Crippen LogP contribution in [0.4, 0.5) is 17.1 Å². The Morgan fingerprint density at radius 2 is 0.935 bits per heavy atom. The average molecular weight is 796 g/mol. The Balaban J connectivity index is 1.03. The number of hydrogen-bond acceptors (Lipinski definition) is 2. The Kier molecular flexibility index (Phi) is 7.96. The van der Waals surface area contributed by atoms with Crippen LogP contribution in [0.2, 0.25) is 0 Å². The van der Waals surface area contributed by atoms with Gasteiger partial charge in [0.1, 0.15) is 11.2 Å². The van der Waals surface area contributed by atoms with E-state index >= 15 is 0 Å². The van der Waals surface area contributed by atoms with Gasteiger partial charge in [-0.2, -0.15) is 0 Å². The zero-order valence-corrected chi connectivity index (χ0v) is 35.4. The molecule has 0 saturated carbocycles. The van der Waals surface area contributed by atoms with Crippen molar-refractivity contribution in [3.05, 3.63) is 222 Å². The SMILES string of the molecule is CC1(C)c2ccccc2-c2ccc(-c3ccc(N(c4cccc(-c5cccc6c5C(C)(C)c5ccccc5-6)c4)c4ccccc4-c4cccc5oc6ccccc6c45)cc3)cc21. The van der Waals surface area contributed by atoms with Crippen LogP contribution in [0.15, 0.2) is 205 Å². The first kappa shape index (κ1) is 36.4. The lowest BCUT2D eigenvalue weighted by molar-refractivity contribution is 0.660. The van der Waals surface area contributed by atoms with Crippen LogP contribution in [0, 0.1) is 0 Å². The van der Waals surface area contributed by atoms with Crippen molar-refractivity contribution in [2.24, 2.45) is 0 Å². The molecule has 62 heavy (non-hydrogen) atoms.